The van der Waals surface area contributed by atoms with Gasteiger partial charge in [-0.25, -0.2) is 0 Å². The Balaban J connectivity index is 2.71. The van der Waals surface area contributed by atoms with E-state index in [-0.39, 0.29) is 19.1 Å². The van der Waals surface area contributed by atoms with Gasteiger partial charge >= 0.3 is 0 Å². The van der Waals surface area contributed by atoms with Gasteiger partial charge in [0.2, 0.25) is 0 Å². The van der Waals surface area contributed by atoms with Gasteiger partial charge in [-0.1, -0.05) is 11.6 Å². The van der Waals surface area contributed by atoms with E-state index in [0.717, 1.165) is 0 Å². The number of benzene rings is 1. The van der Waals surface area contributed by atoms with Crippen LogP contribution in [0.2, 0.25) is 5.02 Å². The Bertz CT molecular complexity index is 426. The molecule has 3 N–H and O–H groups in total. The largest absolute Gasteiger partial charge is 0.398 e. The molecule has 0 saturated heterocycles. The number of nitrogen functional groups attached to an aromatic ring is 1. The van der Waals surface area contributed by atoms with E-state index in [1.165, 1.54) is 18.1 Å². The Morgan fingerprint density at radius 1 is 1.61 bits per heavy atom. The maximum absolute atomic E-state index is 12.0. The number of amides is 1. The Hall–Kier alpha value is -1.30. The number of rotatable bonds is 5. The van der Waals surface area contributed by atoms with E-state index in [2.05, 4.69) is 0 Å². The monoisotopic (exact) mass is 272 g/mol. The molecule has 0 heterocycles. The summed E-state index contributed by atoms with van der Waals surface area (Å²) in [4.78, 5) is 13.4. The minimum absolute atomic E-state index is 0.181. The van der Waals surface area contributed by atoms with E-state index in [1.54, 1.807) is 19.2 Å². The van der Waals surface area contributed by atoms with Crippen LogP contribution in [0.4, 0.5) is 5.69 Å². The highest BCUT2D eigenvalue weighted by atomic mass is 35.5. The first kappa shape index (κ1) is 14.8. The maximum Gasteiger partial charge on any atom is 0.253 e. The standard InChI is InChI=1S/C12H17ClN2O3/c1-15(6-9(16)7-18-2)12(17)8-3-4-11(14)10(13)5-8/h3-5,9,16H,6-7,14H2,1-2H3. The molecule has 5 nitrogen and oxygen atoms in total. The van der Waals surface area contributed by atoms with Gasteiger partial charge in [-0.2, -0.15) is 0 Å². The molecule has 100 valence electrons. The zero-order valence-corrected chi connectivity index (χ0v) is 11.1. The summed E-state index contributed by atoms with van der Waals surface area (Å²) in [7, 11) is 3.09. The van der Waals surface area contributed by atoms with Gasteiger partial charge in [0.05, 0.1) is 23.4 Å². The van der Waals surface area contributed by atoms with Gasteiger partial charge in [0.1, 0.15) is 0 Å². The van der Waals surface area contributed by atoms with E-state index >= 15 is 0 Å². The third-order valence-electron chi connectivity index (χ3n) is 2.44. The van der Waals surface area contributed by atoms with Crippen molar-refractivity contribution in [1.82, 2.24) is 4.90 Å². The van der Waals surface area contributed by atoms with E-state index in [1.807, 2.05) is 0 Å². The van der Waals surface area contributed by atoms with Crippen molar-refractivity contribution in [2.24, 2.45) is 0 Å². The van der Waals surface area contributed by atoms with Gasteiger partial charge in [-0.05, 0) is 18.2 Å². The fourth-order valence-electron chi connectivity index (χ4n) is 1.52. The SMILES string of the molecule is COCC(O)CN(C)C(=O)c1ccc(N)c(Cl)c1. The molecular weight excluding hydrogens is 256 g/mol. The predicted molar refractivity (Wildman–Crippen MR) is 70.7 cm³/mol. The number of aliphatic hydroxyl groups is 1. The number of hydrogen-bond donors (Lipinski definition) is 2. The number of hydrogen-bond acceptors (Lipinski definition) is 4. The average molecular weight is 273 g/mol. The third-order valence-corrected chi connectivity index (χ3v) is 2.77. The second-order valence-corrected chi connectivity index (χ2v) is 4.44. The van der Waals surface area contributed by atoms with Crippen LogP contribution >= 0.6 is 11.6 Å². The zero-order valence-electron chi connectivity index (χ0n) is 10.4. The van der Waals surface area contributed by atoms with Gasteiger partial charge in [0.25, 0.3) is 5.91 Å². The van der Waals surface area contributed by atoms with Crippen LogP contribution in [0.25, 0.3) is 0 Å². The number of anilines is 1. The second-order valence-electron chi connectivity index (χ2n) is 4.03. The number of nitrogens with two attached hydrogens (primary N) is 1. The first-order valence-corrected chi connectivity index (χ1v) is 5.81. The lowest BCUT2D eigenvalue weighted by Gasteiger charge is -2.20. The van der Waals surface area contributed by atoms with Crippen molar-refractivity contribution in [3.63, 3.8) is 0 Å². The molecule has 6 heteroatoms. The second kappa shape index (κ2) is 6.58. The molecule has 0 aliphatic heterocycles. The topological polar surface area (TPSA) is 75.8 Å². The summed E-state index contributed by atoms with van der Waals surface area (Å²) in [5.41, 5.74) is 6.43. The highest BCUT2D eigenvalue weighted by Gasteiger charge is 2.16. The van der Waals surface area contributed by atoms with Crippen LogP contribution in [0, 0.1) is 0 Å². The summed E-state index contributed by atoms with van der Waals surface area (Å²) in [6.07, 6.45) is -0.715. The Labute approximate surface area is 111 Å². The molecule has 1 unspecified atom stereocenters. The van der Waals surface area contributed by atoms with E-state index in [9.17, 15) is 9.90 Å². The lowest BCUT2D eigenvalue weighted by atomic mass is 10.2. The summed E-state index contributed by atoms with van der Waals surface area (Å²) in [6, 6.07) is 4.69. The number of carbonyl (C=O) groups excluding carboxylic acids is 1. The van der Waals surface area contributed by atoms with E-state index < -0.39 is 6.10 Å². The van der Waals surface area contributed by atoms with Crippen molar-refractivity contribution in [3.8, 4) is 0 Å². The van der Waals surface area contributed by atoms with Crippen molar-refractivity contribution in [2.45, 2.75) is 6.10 Å². The number of halogens is 1. The normalized spacial score (nSPS) is 12.2. The molecule has 0 saturated carbocycles. The number of nitrogens with zero attached hydrogens (tertiary/aromatic N) is 1. The summed E-state index contributed by atoms with van der Waals surface area (Å²) in [5, 5.41) is 9.89. The summed E-state index contributed by atoms with van der Waals surface area (Å²) >= 11 is 5.85. The molecule has 0 aliphatic carbocycles. The summed E-state index contributed by atoms with van der Waals surface area (Å²) in [6.45, 7) is 0.370. The molecule has 0 fully saturated rings. The van der Waals surface area contributed by atoms with Crippen molar-refractivity contribution in [2.75, 3.05) is 33.0 Å². The predicted octanol–water partition coefficient (Wildman–Crippen LogP) is 1.00. The molecule has 0 aromatic heterocycles. The van der Waals surface area contributed by atoms with Crippen molar-refractivity contribution in [3.05, 3.63) is 28.8 Å². The number of aliphatic hydroxyl groups excluding tert-OH is 1. The van der Waals surface area contributed by atoms with Crippen molar-refractivity contribution >= 4 is 23.2 Å². The van der Waals surface area contributed by atoms with Gasteiger partial charge in [-0.15, -0.1) is 0 Å². The molecule has 1 atom stereocenters. The van der Waals surface area contributed by atoms with Crippen LogP contribution in [-0.4, -0.2) is 49.3 Å². The van der Waals surface area contributed by atoms with Gasteiger partial charge in [-0.3, -0.25) is 4.79 Å². The minimum Gasteiger partial charge on any atom is -0.398 e. The molecule has 0 radical (unpaired) electrons. The molecule has 1 aromatic rings. The van der Waals surface area contributed by atoms with Crippen LogP contribution < -0.4 is 5.73 Å². The van der Waals surface area contributed by atoms with Crippen LogP contribution in [0.1, 0.15) is 10.4 Å². The highest BCUT2D eigenvalue weighted by Crippen LogP contribution is 2.20. The summed E-state index contributed by atoms with van der Waals surface area (Å²) in [5.74, 6) is -0.230. The molecular formula is C12H17ClN2O3. The first-order chi connectivity index (χ1) is 8.45. The first-order valence-electron chi connectivity index (χ1n) is 5.43. The fraction of sp³-hybridized carbons (Fsp3) is 0.417. The summed E-state index contributed by atoms with van der Waals surface area (Å²) < 4.78 is 4.80. The van der Waals surface area contributed by atoms with Crippen LogP contribution in [0.3, 0.4) is 0 Å². The van der Waals surface area contributed by atoms with Crippen LogP contribution in [-0.2, 0) is 4.74 Å². The molecule has 1 amide bonds. The lowest BCUT2D eigenvalue weighted by molar-refractivity contribution is 0.0380. The molecule has 0 spiro atoms. The van der Waals surface area contributed by atoms with Gasteiger partial charge in [0.15, 0.2) is 0 Å². The van der Waals surface area contributed by atoms with E-state index in [0.29, 0.717) is 16.3 Å². The van der Waals surface area contributed by atoms with Crippen molar-refractivity contribution in [1.29, 1.82) is 0 Å². The minimum atomic E-state index is -0.715. The van der Waals surface area contributed by atoms with Crippen molar-refractivity contribution < 1.29 is 14.6 Å². The molecule has 18 heavy (non-hydrogen) atoms. The Kier molecular flexibility index (Phi) is 5.40. The smallest absolute Gasteiger partial charge is 0.253 e. The molecule has 0 bridgehead atoms. The molecule has 1 aromatic carbocycles. The third kappa shape index (κ3) is 3.87. The van der Waals surface area contributed by atoms with Gasteiger partial charge in [0, 0.05) is 26.3 Å². The average Bonchev–Trinajstić information content (AvgIpc) is 2.32. The quantitative estimate of drug-likeness (QED) is 0.784. The van der Waals surface area contributed by atoms with Gasteiger partial charge < -0.3 is 20.5 Å². The maximum atomic E-state index is 12.0. The number of likely N-dealkylation sites (N-methyl/N-ethyl adjacent to an activating group) is 1. The number of carbonyl (C=O) groups is 1. The number of methoxy groups -OCH3 is 1. The fourth-order valence-corrected chi connectivity index (χ4v) is 1.71. The Morgan fingerprint density at radius 2 is 2.28 bits per heavy atom. The highest BCUT2D eigenvalue weighted by molar-refractivity contribution is 6.33. The van der Waals surface area contributed by atoms with Crippen LogP contribution in [0.5, 0.6) is 0 Å². The molecule has 1 rings (SSSR count). The Morgan fingerprint density at radius 3 is 2.83 bits per heavy atom. The van der Waals surface area contributed by atoms with E-state index in [4.69, 9.17) is 22.1 Å². The lowest BCUT2D eigenvalue weighted by Crippen LogP contribution is -2.36. The zero-order chi connectivity index (χ0) is 13.7. The molecule has 0 aliphatic rings. The van der Waals surface area contributed by atoms with Crippen LogP contribution in [0.15, 0.2) is 18.2 Å². The number of ether oxygens (including phenoxy) is 1.